The van der Waals surface area contributed by atoms with Crippen LogP contribution in [0, 0.1) is 11.8 Å². The Morgan fingerprint density at radius 3 is 2.02 bits per heavy atom. The van der Waals surface area contributed by atoms with E-state index in [2.05, 4.69) is 64.0 Å². The van der Waals surface area contributed by atoms with Crippen LogP contribution in [0.4, 0.5) is 5.69 Å². The van der Waals surface area contributed by atoms with E-state index in [1.807, 2.05) is 17.0 Å². The third-order valence-corrected chi connectivity index (χ3v) is 10.5. The van der Waals surface area contributed by atoms with E-state index in [9.17, 15) is 9.59 Å². The van der Waals surface area contributed by atoms with Gasteiger partial charge < -0.3 is 14.2 Å². The number of imide groups is 1. The molecule has 2 aromatic carbocycles. The Hall–Kier alpha value is -3.03. The van der Waals surface area contributed by atoms with Gasteiger partial charge in [-0.25, -0.2) is 0 Å². The number of amides is 2. The standard InChI is InChI=1S/C37H50N4O3.ClH/c1-38-26-30(32-17-9-10-18-33(32)38)25-31(27-39-21-23-40(24-22-39)34-19-11-12-20-35(34)44-2)41(36(42)28-13-5-3-6-14-28)37(43)29-15-7-4-8-16-29;/h9-12,17-20,26,28-29,31H,3-8,13-16,21-25,27H2,1-2H3;1H. The SMILES string of the molecule is COc1ccccc1N1CCN(CC(Cc2cn(C)c3ccccc23)N(C(=O)C2CCCCC2)C(=O)C2CCCCC2)CC1.Cl. The number of aromatic nitrogens is 1. The molecule has 2 amide bonds. The highest BCUT2D eigenvalue weighted by Gasteiger charge is 2.39. The molecule has 1 aliphatic heterocycles. The maximum atomic E-state index is 14.5. The van der Waals surface area contributed by atoms with Gasteiger partial charge in [-0.05, 0) is 55.9 Å². The molecular formula is C37H51ClN4O3. The van der Waals surface area contributed by atoms with Crippen molar-refractivity contribution in [1.82, 2.24) is 14.4 Å². The van der Waals surface area contributed by atoms with Crippen LogP contribution in [0.15, 0.2) is 54.7 Å². The zero-order valence-electron chi connectivity index (χ0n) is 27.2. The Bertz CT molecular complexity index is 1390. The maximum Gasteiger partial charge on any atom is 0.232 e. The molecule has 2 aliphatic carbocycles. The third kappa shape index (κ3) is 7.52. The number of halogens is 1. The minimum Gasteiger partial charge on any atom is -0.495 e. The predicted octanol–water partition coefficient (Wildman–Crippen LogP) is 6.86. The summed E-state index contributed by atoms with van der Waals surface area (Å²) in [4.78, 5) is 35.7. The van der Waals surface area contributed by atoms with Gasteiger partial charge in [-0.1, -0.05) is 68.9 Å². The zero-order chi connectivity index (χ0) is 30.5. The van der Waals surface area contributed by atoms with Crippen LogP contribution >= 0.6 is 12.4 Å². The Morgan fingerprint density at radius 2 is 1.40 bits per heavy atom. The van der Waals surface area contributed by atoms with Crippen molar-refractivity contribution in [2.24, 2.45) is 18.9 Å². The van der Waals surface area contributed by atoms with Crippen molar-refractivity contribution in [1.29, 1.82) is 0 Å². The highest BCUT2D eigenvalue weighted by molar-refractivity contribution is 5.98. The van der Waals surface area contributed by atoms with Gasteiger partial charge in [-0.2, -0.15) is 0 Å². The molecule has 3 fully saturated rings. The summed E-state index contributed by atoms with van der Waals surface area (Å²) in [6.45, 7) is 4.24. The summed E-state index contributed by atoms with van der Waals surface area (Å²) in [5.41, 5.74) is 3.54. The van der Waals surface area contributed by atoms with Gasteiger partial charge in [-0.15, -0.1) is 12.4 Å². The number of hydrogen-bond donors (Lipinski definition) is 0. The molecule has 0 spiro atoms. The van der Waals surface area contributed by atoms with Crippen molar-refractivity contribution >= 4 is 40.8 Å². The number of ether oxygens (including phenoxy) is 1. The highest BCUT2D eigenvalue weighted by atomic mass is 35.5. The van der Waals surface area contributed by atoms with Gasteiger partial charge in [0.2, 0.25) is 11.8 Å². The number of benzene rings is 2. The normalized spacial score (nSPS) is 19.2. The lowest BCUT2D eigenvalue weighted by atomic mass is 9.85. The topological polar surface area (TPSA) is 58.0 Å². The second-order valence-corrected chi connectivity index (χ2v) is 13.3. The van der Waals surface area contributed by atoms with Crippen molar-refractivity contribution in [3.05, 3.63) is 60.3 Å². The smallest absolute Gasteiger partial charge is 0.232 e. The molecule has 1 atom stereocenters. The van der Waals surface area contributed by atoms with Crippen LogP contribution < -0.4 is 9.64 Å². The van der Waals surface area contributed by atoms with Gasteiger partial charge in [0.15, 0.2) is 0 Å². The Labute approximate surface area is 275 Å². The zero-order valence-corrected chi connectivity index (χ0v) is 28.0. The molecule has 1 saturated heterocycles. The van der Waals surface area contributed by atoms with Gasteiger partial charge in [-0.3, -0.25) is 19.4 Å². The molecule has 0 radical (unpaired) electrons. The number of fused-ring (bicyclic) bond motifs is 1. The van der Waals surface area contributed by atoms with Crippen LogP contribution in [0.2, 0.25) is 0 Å². The minimum atomic E-state index is -0.192. The number of rotatable bonds is 9. The molecule has 3 aliphatic rings. The van der Waals surface area contributed by atoms with Gasteiger partial charge >= 0.3 is 0 Å². The van der Waals surface area contributed by atoms with Crippen LogP contribution in [0.5, 0.6) is 5.75 Å². The van der Waals surface area contributed by atoms with E-state index in [0.717, 1.165) is 89.0 Å². The van der Waals surface area contributed by atoms with E-state index in [4.69, 9.17) is 4.74 Å². The van der Waals surface area contributed by atoms with Crippen LogP contribution in [0.25, 0.3) is 10.9 Å². The fourth-order valence-corrected chi connectivity index (χ4v) is 8.00. The minimum absolute atomic E-state index is 0. The summed E-state index contributed by atoms with van der Waals surface area (Å²) in [6, 6.07) is 16.5. The third-order valence-electron chi connectivity index (χ3n) is 10.5. The van der Waals surface area contributed by atoms with E-state index < -0.39 is 0 Å². The number of nitrogens with zero attached hydrogens (tertiary/aromatic N) is 4. The lowest BCUT2D eigenvalue weighted by Gasteiger charge is -2.42. The number of methoxy groups -OCH3 is 1. The molecule has 1 aromatic heterocycles. The summed E-state index contributed by atoms with van der Waals surface area (Å²) < 4.78 is 7.84. The first-order valence-electron chi connectivity index (χ1n) is 17.0. The van der Waals surface area contributed by atoms with E-state index >= 15 is 0 Å². The molecule has 45 heavy (non-hydrogen) atoms. The number of hydrogen-bond acceptors (Lipinski definition) is 5. The molecule has 0 N–H and O–H groups in total. The Balaban J connectivity index is 0.00000400. The average molecular weight is 635 g/mol. The summed E-state index contributed by atoms with van der Waals surface area (Å²) >= 11 is 0. The van der Waals surface area contributed by atoms with E-state index in [1.165, 1.54) is 29.3 Å². The number of para-hydroxylation sites is 3. The number of aryl methyl sites for hydroxylation is 1. The first-order valence-corrected chi connectivity index (χ1v) is 17.0. The lowest BCUT2D eigenvalue weighted by Crippen LogP contribution is -2.57. The van der Waals surface area contributed by atoms with Gasteiger partial charge in [0, 0.05) is 68.7 Å². The van der Waals surface area contributed by atoms with E-state index in [-0.39, 0.29) is 42.1 Å². The van der Waals surface area contributed by atoms with Crippen LogP contribution in [-0.2, 0) is 23.1 Å². The monoisotopic (exact) mass is 634 g/mol. The average Bonchev–Trinajstić information content (AvgIpc) is 3.40. The second kappa shape index (κ2) is 15.5. The van der Waals surface area contributed by atoms with Gasteiger partial charge in [0.05, 0.1) is 18.8 Å². The van der Waals surface area contributed by atoms with Gasteiger partial charge in [0.25, 0.3) is 0 Å². The second-order valence-electron chi connectivity index (χ2n) is 13.3. The molecule has 2 heterocycles. The van der Waals surface area contributed by atoms with Crippen molar-refractivity contribution in [3.63, 3.8) is 0 Å². The fourth-order valence-electron chi connectivity index (χ4n) is 8.00. The molecule has 8 heteroatoms. The Kier molecular flexibility index (Phi) is 11.5. The predicted molar refractivity (Wildman–Crippen MR) is 184 cm³/mol. The van der Waals surface area contributed by atoms with Gasteiger partial charge in [0.1, 0.15) is 5.75 Å². The van der Waals surface area contributed by atoms with E-state index in [1.54, 1.807) is 7.11 Å². The molecule has 3 aromatic rings. The largest absolute Gasteiger partial charge is 0.495 e. The van der Waals surface area contributed by atoms with E-state index in [0.29, 0.717) is 13.0 Å². The van der Waals surface area contributed by atoms with Crippen LogP contribution in [0.3, 0.4) is 0 Å². The first kappa shape index (κ1) is 33.3. The number of anilines is 1. The fraction of sp³-hybridized carbons (Fsp3) is 0.568. The van der Waals surface area contributed by atoms with Crippen molar-refractivity contribution in [3.8, 4) is 5.75 Å². The first-order chi connectivity index (χ1) is 21.5. The summed E-state index contributed by atoms with van der Waals surface area (Å²) in [7, 11) is 3.82. The maximum absolute atomic E-state index is 14.5. The summed E-state index contributed by atoms with van der Waals surface area (Å²) in [6.07, 6.45) is 13.3. The van der Waals surface area contributed by atoms with Crippen LogP contribution in [-0.4, -0.2) is 72.1 Å². The molecular weight excluding hydrogens is 584 g/mol. The lowest BCUT2D eigenvalue weighted by molar-refractivity contribution is -0.154. The summed E-state index contributed by atoms with van der Waals surface area (Å²) in [5.74, 6) is 1.02. The van der Waals surface area contributed by atoms with Crippen molar-refractivity contribution in [2.45, 2.75) is 76.7 Å². The molecule has 6 rings (SSSR count). The van der Waals surface area contributed by atoms with Crippen molar-refractivity contribution in [2.75, 3.05) is 44.7 Å². The number of carbonyl (C=O) groups excluding carboxylic acids is 2. The highest BCUT2D eigenvalue weighted by Crippen LogP contribution is 2.33. The summed E-state index contributed by atoms with van der Waals surface area (Å²) in [5, 5.41) is 1.22. The van der Waals surface area contributed by atoms with Crippen LogP contribution in [0.1, 0.15) is 69.8 Å². The quantitative estimate of drug-likeness (QED) is 0.241. The molecule has 0 bridgehead atoms. The molecule has 244 valence electrons. The molecule has 7 nitrogen and oxygen atoms in total. The van der Waals surface area contributed by atoms with Crippen molar-refractivity contribution < 1.29 is 14.3 Å². The number of piperazine rings is 1. The molecule has 1 unspecified atom stereocenters. The number of carbonyl (C=O) groups is 2. The molecule has 2 saturated carbocycles. The Morgan fingerprint density at radius 1 is 0.822 bits per heavy atom.